The third-order valence-corrected chi connectivity index (χ3v) is 8.09. The van der Waals surface area contributed by atoms with Crippen LogP contribution in [0.4, 0.5) is 0 Å². The summed E-state index contributed by atoms with van der Waals surface area (Å²) in [5.74, 6) is 2.51. The summed E-state index contributed by atoms with van der Waals surface area (Å²) in [4.78, 5) is 21.0. The molecular formula is C27H42N6S2. The minimum Gasteiger partial charge on any atom is -0.334 e. The number of rotatable bonds is 7. The number of nitrogens with zero attached hydrogens (tertiary/aromatic N) is 5. The summed E-state index contributed by atoms with van der Waals surface area (Å²) >= 11 is 9.86. The van der Waals surface area contributed by atoms with Crippen molar-refractivity contribution in [2.45, 2.75) is 79.3 Å². The first-order valence-electron chi connectivity index (χ1n) is 13.2. The first kappa shape index (κ1) is 28.0. The molecule has 2 aromatic rings. The van der Waals surface area contributed by atoms with Crippen molar-refractivity contribution in [2.75, 3.05) is 26.2 Å². The van der Waals surface area contributed by atoms with Crippen molar-refractivity contribution in [1.29, 1.82) is 0 Å². The van der Waals surface area contributed by atoms with Gasteiger partial charge in [-0.3, -0.25) is 9.80 Å². The zero-order valence-corrected chi connectivity index (χ0v) is 23.6. The average molecular weight is 515 g/mol. The maximum absolute atomic E-state index is 5.01. The largest absolute Gasteiger partial charge is 0.334 e. The Morgan fingerprint density at radius 1 is 0.886 bits per heavy atom. The number of hydrogen-bond acceptors (Lipinski definition) is 7. The van der Waals surface area contributed by atoms with E-state index in [1.807, 2.05) is 19.3 Å². The molecule has 1 N–H and O–H groups in total. The lowest BCUT2D eigenvalue weighted by atomic mass is 9.94. The molecule has 0 bridgehead atoms. The van der Waals surface area contributed by atoms with Gasteiger partial charge < -0.3 is 4.98 Å². The average Bonchev–Trinajstić information content (AvgIpc) is 2.88. The van der Waals surface area contributed by atoms with Crippen molar-refractivity contribution >= 4 is 29.8 Å². The molecule has 0 amide bonds. The van der Waals surface area contributed by atoms with Crippen LogP contribution < -0.4 is 0 Å². The molecule has 2 fully saturated rings. The van der Waals surface area contributed by atoms with Crippen molar-refractivity contribution in [3.63, 3.8) is 0 Å². The van der Waals surface area contributed by atoms with Crippen LogP contribution in [0.25, 0.3) is 0 Å². The van der Waals surface area contributed by atoms with Gasteiger partial charge in [-0.1, -0.05) is 38.9 Å². The number of piperidine rings is 2. The van der Waals surface area contributed by atoms with Crippen LogP contribution in [0.1, 0.15) is 80.7 Å². The predicted octanol–water partition coefficient (Wildman–Crippen LogP) is 5.82. The maximum Gasteiger partial charge on any atom is 0.196 e. The molecule has 192 valence electrons. The van der Waals surface area contributed by atoms with Crippen molar-refractivity contribution in [1.82, 2.24) is 29.7 Å². The van der Waals surface area contributed by atoms with Crippen LogP contribution in [0.15, 0.2) is 12.4 Å². The van der Waals surface area contributed by atoms with E-state index in [1.54, 1.807) is 0 Å². The van der Waals surface area contributed by atoms with E-state index in [9.17, 15) is 0 Å². The Hall–Kier alpha value is -1.61. The van der Waals surface area contributed by atoms with Gasteiger partial charge in [-0.25, -0.2) is 15.0 Å². The van der Waals surface area contributed by atoms with Crippen molar-refractivity contribution in [3.05, 3.63) is 45.5 Å². The molecule has 2 aliphatic rings. The summed E-state index contributed by atoms with van der Waals surface area (Å²) in [6, 6.07) is 0. The van der Waals surface area contributed by atoms with E-state index in [0.29, 0.717) is 10.6 Å². The fourth-order valence-corrected chi connectivity index (χ4v) is 5.29. The summed E-state index contributed by atoms with van der Waals surface area (Å²) in [6.07, 6.45) is 11.8. The number of aromatic amines is 1. The van der Waals surface area contributed by atoms with E-state index in [0.717, 1.165) is 36.3 Å². The Bertz CT molecular complexity index is 991. The molecule has 2 aromatic heterocycles. The third kappa shape index (κ3) is 8.77. The molecule has 0 unspecified atom stereocenters. The van der Waals surface area contributed by atoms with Gasteiger partial charge in [0, 0.05) is 53.4 Å². The number of thiocarbonyl (C=S) groups is 1. The Morgan fingerprint density at radius 2 is 1.40 bits per heavy atom. The van der Waals surface area contributed by atoms with E-state index in [-0.39, 0.29) is 0 Å². The summed E-state index contributed by atoms with van der Waals surface area (Å²) in [5.41, 5.74) is 4.71. The van der Waals surface area contributed by atoms with Crippen LogP contribution in [0.5, 0.6) is 0 Å². The Balaban J connectivity index is 0.000000196. The summed E-state index contributed by atoms with van der Waals surface area (Å²) in [5, 5.41) is 1.53. The first-order valence-corrected chi connectivity index (χ1v) is 14.1. The number of aryl methyl sites for hydroxylation is 2. The minimum absolute atomic E-state index is 0.580. The lowest BCUT2D eigenvalue weighted by molar-refractivity contribution is 0.174. The molecule has 0 aliphatic carbocycles. The van der Waals surface area contributed by atoms with Gasteiger partial charge in [0.15, 0.2) is 10.6 Å². The van der Waals surface area contributed by atoms with Crippen molar-refractivity contribution in [2.24, 2.45) is 11.8 Å². The third-order valence-electron chi connectivity index (χ3n) is 7.68. The normalized spacial score (nSPS) is 18.2. The van der Waals surface area contributed by atoms with Gasteiger partial charge in [-0.2, -0.15) is 0 Å². The zero-order chi connectivity index (χ0) is 25.2. The Labute approximate surface area is 222 Å². The van der Waals surface area contributed by atoms with Crippen LogP contribution in [0, 0.1) is 30.5 Å². The van der Waals surface area contributed by atoms with Gasteiger partial charge >= 0.3 is 0 Å². The minimum atomic E-state index is 0.580. The van der Waals surface area contributed by atoms with E-state index in [2.05, 4.69) is 50.5 Å². The molecule has 0 atom stereocenters. The fourth-order valence-electron chi connectivity index (χ4n) is 4.98. The Kier molecular flexibility index (Phi) is 11.4. The highest BCUT2D eigenvalue weighted by Gasteiger charge is 2.19. The van der Waals surface area contributed by atoms with Gasteiger partial charge in [-0.05, 0) is 89.8 Å². The topological polar surface area (TPSA) is 60.9 Å². The van der Waals surface area contributed by atoms with Gasteiger partial charge in [0.2, 0.25) is 0 Å². The number of nitrogens with one attached hydrogen (secondary N) is 1. The van der Waals surface area contributed by atoms with Gasteiger partial charge in [0.1, 0.15) is 0 Å². The maximum atomic E-state index is 5.01. The van der Waals surface area contributed by atoms with Crippen LogP contribution in [0.3, 0.4) is 0 Å². The summed E-state index contributed by atoms with van der Waals surface area (Å²) < 4.78 is 0.580. The second kappa shape index (κ2) is 14.2. The fraction of sp³-hybridized carbons (Fsp3) is 0.667. The highest BCUT2D eigenvalue weighted by molar-refractivity contribution is 7.79. The molecule has 8 heteroatoms. The van der Waals surface area contributed by atoms with Gasteiger partial charge in [-0.15, -0.1) is 0 Å². The monoisotopic (exact) mass is 514 g/mol. The second-order valence-electron chi connectivity index (χ2n) is 10.1. The zero-order valence-electron chi connectivity index (χ0n) is 21.9. The van der Waals surface area contributed by atoms with Crippen LogP contribution in [-0.2, 0) is 13.1 Å². The van der Waals surface area contributed by atoms with E-state index >= 15 is 0 Å². The highest BCUT2D eigenvalue weighted by Crippen LogP contribution is 2.22. The quantitative estimate of drug-likeness (QED) is 0.467. The van der Waals surface area contributed by atoms with E-state index < -0.39 is 0 Å². The molecule has 0 radical (unpaired) electrons. The molecule has 2 aliphatic heterocycles. The second-order valence-corrected chi connectivity index (χ2v) is 10.7. The lowest BCUT2D eigenvalue weighted by Gasteiger charge is -2.31. The standard InChI is InChI=1S/C14H21N3S.C13H21N3S/c1-3-12-4-6-17(7-5-12)9-13-8-15-14(10-18)16-11(13)2;1-3-11-4-6-16(7-5-11)9-12-8-14-13(17)15-10(12)2/h8,10,12H,3-7,9H2,1-2H3;8,11H,3-7,9H2,1-2H3,(H,14,15,17). The Morgan fingerprint density at radius 3 is 1.86 bits per heavy atom. The molecule has 4 heterocycles. The van der Waals surface area contributed by atoms with Crippen molar-refractivity contribution in [3.8, 4) is 0 Å². The molecule has 2 saturated heterocycles. The molecule has 0 spiro atoms. The summed E-state index contributed by atoms with van der Waals surface area (Å²) in [7, 11) is 0. The lowest BCUT2D eigenvalue weighted by Crippen LogP contribution is -2.33. The molecule has 0 aromatic carbocycles. The van der Waals surface area contributed by atoms with Crippen LogP contribution in [-0.4, -0.2) is 61.3 Å². The molecule has 4 rings (SSSR count). The molecule has 0 saturated carbocycles. The van der Waals surface area contributed by atoms with E-state index in [4.69, 9.17) is 24.4 Å². The molecule has 6 nitrogen and oxygen atoms in total. The highest BCUT2D eigenvalue weighted by atomic mass is 32.1. The van der Waals surface area contributed by atoms with E-state index in [1.165, 1.54) is 81.2 Å². The molecular weight excluding hydrogens is 472 g/mol. The van der Waals surface area contributed by atoms with Crippen molar-refractivity contribution < 1.29 is 0 Å². The number of H-pyrrole nitrogens is 1. The van der Waals surface area contributed by atoms with Crippen LogP contribution in [0.2, 0.25) is 0 Å². The van der Waals surface area contributed by atoms with Crippen LogP contribution >= 0.6 is 24.4 Å². The van der Waals surface area contributed by atoms with Gasteiger partial charge in [0.25, 0.3) is 0 Å². The number of aromatic nitrogens is 4. The smallest absolute Gasteiger partial charge is 0.196 e. The number of likely N-dealkylation sites (tertiary alicyclic amines) is 2. The summed E-state index contributed by atoms with van der Waals surface area (Å²) in [6.45, 7) is 15.5. The van der Waals surface area contributed by atoms with Gasteiger partial charge in [0.05, 0.1) is 0 Å². The molecule has 35 heavy (non-hydrogen) atoms. The first-order chi connectivity index (χ1) is 16.9. The SMILES string of the molecule is CCC1CCN(Cc2cnc(=S)[nH]c2C)CC1.CCC1CCN(Cc2cnc(C=S)nc2C)CC1. The predicted molar refractivity (Wildman–Crippen MR) is 150 cm³/mol. The number of hydrogen-bond donors (Lipinski definition) is 1.